The fourth-order valence-electron chi connectivity index (χ4n) is 3.07. The molecule has 0 saturated carbocycles. The summed E-state index contributed by atoms with van der Waals surface area (Å²) in [5.74, 6) is -1.67. The number of hydrogen-bond donors (Lipinski definition) is 0. The van der Waals surface area contributed by atoms with Crippen LogP contribution in [0.4, 0.5) is 13.2 Å². The number of ether oxygens (including phenoxy) is 1. The summed E-state index contributed by atoms with van der Waals surface area (Å²) < 4.78 is 46.5. The minimum Gasteiger partial charge on any atom is -0.376 e. The van der Waals surface area contributed by atoms with Gasteiger partial charge in [-0.1, -0.05) is 88.7 Å². The maximum Gasteiger partial charge on any atom is 0.397 e. The molecule has 0 aliphatic rings. The third-order valence-electron chi connectivity index (χ3n) is 4.47. The number of benzene rings is 3. The van der Waals surface area contributed by atoms with E-state index in [0.29, 0.717) is 4.47 Å². The summed E-state index contributed by atoms with van der Waals surface area (Å²) in [6.45, 7) is -0.283. The molecule has 0 bridgehead atoms. The lowest BCUT2D eigenvalue weighted by atomic mass is 9.99. The molecule has 0 aliphatic carbocycles. The number of hydrogen-bond acceptors (Lipinski definition) is 1. The van der Waals surface area contributed by atoms with Crippen LogP contribution in [0.3, 0.4) is 0 Å². The number of rotatable bonds is 7. The maximum atomic E-state index is 13.5. The fraction of sp³-hybridized carbons (Fsp3) is 0.217. The normalized spacial score (nSPS) is 12.7. The molecule has 1 unspecified atom stereocenters. The van der Waals surface area contributed by atoms with E-state index in [1.54, 1.807) is 18.2 Å². The van der Waals surface area contributed by atoms with Gasteiger partial charge < -0.3 is 4.74 Å². The minimum absolute atomic E-state index is 0.139. The van der Waals surface area contributed by atoms with E-state index in [4.69, 9.17) is 4.74 Å². The Morgan fingerprint density at radius 2 is 1.43 bits per heavy atom. The van der Waals surface area contributed by atoms with Crippen LogP contribution in [-0.4, -0.2) is 12.8 Å². The molecule has 0 amide bonds. The first-order chi connectivity index (χ1) is 13.4. The van der Waals surface area contributed by atoms with E-state index in [0.717, 1.165) is 17.5 Å². The molecule has 0 fully saturated rings. The van der Waals surface area contributed by atoms with Crippen LogP contribution in [-0.2, 0) is 17.8 Å². The van der Waals surface area contributed by atoms with Crippen molar-refractivity contribution in [3.05, 3.63) is 106 Å². The van der Waals surface area contributed by atoms with Gasteiger partial charge in [0, 0.05) is 4.47 Å². The van der Waals surface area contributed by atoms with Crippen molar-refractivity contribution in [1.29, 1.82) is 0 Å². The van der Waals surface area contributed by atoms with Crippen molar-refractivity contribution < 1.29 is 17.9 Å². The third kappa shape index (κ3) is 5.69. The lowest BCUT2D eigenvalue weighted by Crippen LogP contribution is -2.25. The van der Waals surface area contributed by atoms with E-state index < -0.39 is 18.7 Å². The average Bonchev–Trinajstić information content (AvgIpc) is 2.66. The summed E-state index contributed by atoms with van der Waals surface area (Å²) in [4.78, 5) is 0. The van der Waals surface area contributed by atoms with Gasteiger partial charge >= 0.3 is 6.18 Å². The Morgan fingerprint density at radius 1 is 0.786 bits per heavy atom. The summed E-state index contributed by atoms with van der Waals surface area (Å²) >= 11 is 3.21. The molecule has 28 heavy (non-hydrogen) atoms. The summed E-state index contributed by atoms with van der Waals surface area (Å²) in [5, 5.41) is 0. The monoisotopic (exact) mass is 448 g/mol. The molecule has 5 heteroatoms. The van der Waals surface area contributed by atoms with Gasteiger partial charge in [-0.2, -0.15) is 13.2 Å². The molecule has 0 N–H and O–H groups in total. The highest BCUT2D eigenvalue weighted by atomic mass is 79.9. The highest BCUT2D eigenvalue weighted by Gasteiger charge is 2.41. The molecule has 1 nitrogen and oxygen atoms in total. The second-order valence-corrected chi connectivity index (χ2v) is 7.47. The van der Waals surface area contributed by atoms with Gasteiger partial charge in [0.1, 0.15) is 5.92 Å². The number of alkyl halides is 3. The molecule has 1 atom stereocenters. The molecule has 0 radical (unpaired) electrons. The van der Waals surface area contributed by atoms with Crippen molar-refractivity contribution in [1.82, 2.24) is 0 Å². The van der Waals surface area contributed by atoms with E-state index >= 15 is 0 Å². The van der Waals surface area contributed by atoms with Crippen molar-refractivity contribution in [3.8, 4) is 0 Å². The van der Waals surface area contributed by atoms with Crippen LogP contribution in [0.1, 0.15) is 28.2 Å². The molecule has 0 aromatic heterocycles. The Bertz CT molecular complexity index is 894. The fourth-order valence-corrected chi connectivity index (χ4v) is 3.63. The first-order valence-electron chi connectivity index (χ1n) is 8.94. The Morgan fingerprint density at radius 3 is 2.14 bits per heavy atom. The van der Waals surface area contributed by atoms with Gasteiger partial charge in [-0.25, -0.2) is 0 Å². The molecule has 0 heterocycles. The van der Waals surface area contributed by atoms with Gasteiger partial charge in [-0.15, -0.1) is 0 Å². The van der Waals surface area contributed by atoms with Crippen LogP contribution < -0.4 is 0 Å². The largest absolute Gasteiger partial charge is 0.397 e. The standard InChI is InChI=1S/C23H20BrF3O/c24-22-12-5-4-11-20(22)21(23(25,26)27)16-28-15-19-10-6-9-18(14-19)13-17-7-2-1-3-8-17/h1-12,14,21H,13,15-16H2. The van der Waals surface area contributed by atoms with Crippen molar-refractivity contribution in [2.75, 3.05) is 6.61 Å². The predicted molar refractivity (Wildman–Crippen MR) is 108 cm³/mol. The Balaban J connectivity index is 1.64. The Labute approximate surface area is 171 Å². The Kier molecular flexibility index (Phi) is 6.92. The summed E-state index contributed by atoms with van der Waals surface area (Å²) in [7, 11) is 0. The zero-order valence-corrected chi connectivity index (χ0v) is 16.7. The van der Waals surface area contributed by atoms with Gasteiger partial charge in [-0.05, 0) is 34.7 Å². The molecule has 0 aliphatic heterocycles. The first kappa shape index (κ1) is 20.6. The molecule has 0 saturated heterocycles. The predicted octanol–water partition coefficient (Wildman–Crippen LogP) is 6.90. The lowest BCUT2D eigenvalue weighted by molar-refractivity contribution is -0.163. The maximum absolute atomic E-state index is 13.5. The highest BCUT2D eigenvalue weighted by Crippen LogP contribution is 2.38. The van der Waals surface area contributed by atoms with Gasteiger partial charge in [0.2, 0.25) is 0 Å². The third-order valence-corrected chi connectivity index (χ3v) is 5.19. The molecular weight excluding hydrogens is 429 g/mol. The second-order valence-electron chi connectivity index (χ2n) is 6.61. The van der Waals surface area contributed by atoms with Crippen LogP contribution >= 0.6 is 15.9 Å². The first-order valence-corrected chi connectivity index (χ1v) is 9.73. The average molecular weight is 449 g/mol. The highest BCUT2D eigenvalue weighted by molar-refractivity contribution is 9.10. The van der Waals surface area contributed by atoms with Crippen LogP contribution in [0.25, 0.3) is 0 Å². The van der Waals surface area contributed by atoms with Crippen LogP contribution in [0.5, 0.6) is 0 Å². The lowest BCUT2D eigenvalue weighted by Gasteiger charge is -2.22. The quantitative estimate of drug-likeness (QED) is 0.381. The smallest absolute Gasteiger partial charge is 0.376 e. The Hall–Kier alpha value is -2.11. The second kappa shape index (κ2) is 9.39. The van der Waals surface area contributed by atoms with Crippen molar-refractivity contribution in [3.63, 3.8) is 0 Å². The summed E-state index contributed by atoms with van der Waals surface area (Å²) in [5.41, 5.74) is 3.34. The summed E-state index contributed by atoms with van der Waals surface area (Å²) in [6, 6.07) is 24.2. The van der Waals surface area contributed by atoms with E-state index in [9.17, 15) is 13.2 Å². The van der Waals surface area contributed by atoms with Gasteiger partial charge in [-0.3, -0.25) is 0 Å². The van der Waals surface area contributed by atoms with E-state index in [-0.39, 0.29) is 12.2 Å². The van der Waals surface area contributed by atoms with Gasteiger partial charge in [0.05, 0.1) is 13.2 Å². The van der Waals surface area contributed by atoms with Gasteiger partial charge in [0.15, 0.2) is 0 Å². The molecule has 146 valence electrons. The topological polar surface area (TPSA) is 9.23 Å². The minimum atomic E-state index is -4.38. The molecular formula is C23H20BrF3O. The molecule has 3 rings (SSSR count). The molecule has 3 aromatic carbocycles. The van der Waals surface area contributed by atoms with Crippen LogP contribution in [0.2, 0.25) is 0 Å². The summed E-state index contributed by atoms with van der Waals surface area (Å²) in [6.07, 6.45) is -3.60. The van der Waals surface area contributed by atoms with Crippen LogP contribution in [0, 0.1) is 0 Å². The van der Waals surface area contributed by atoms with Gasteiger partial charge in [0.25, 0.3) is 0 Å². The van der Waals surface area contributed by atoms with E-state index in [1.807, 2.05) is 42.5 Å². The van der Waals surface area contributed by atoms with Crippen LogP contribution in [0.15, 0.2) is 83.3 Å². The van der Waals surface area contributed by atoms with Crippen molar-refractivity contribution >= 4 is 15.9 Å². The van der Waals surface area contributed by atoms with Crippen molar-refractivity contribution in [2.45, 2.75) is 25.1 Å². The van der Waals surface area contributed by atoms with Crippen molar-refractivity contribution in [2.24, 2.45) is 0 Å². The molecule has 3 aromatic rings. The zero-order chi connectivity index (χ0) is 20.0. The zero-order valence-electron chi connectivity index (χ0n) is 15.1. The van der Waals surface area contributed by atoms with E-state index in [1.165, 1.54) is 11.6 Å². The number of halogens is 4. The molecule has 0 spiro atoms. The SMILES string of the molecule is FC(F)(F)C(COCc1cccc(Cc2ccccc2)c1)c1ccccc1Br. The van der Waals surface area contributed by atoms with E-state index in [2.05, 4.69) is 28.1 Å².